The van der Waals surface area contributed by atoms with E-state index in [1.54, 1.807) is 18.0 Å². The highest BCUT2D eigenvalue weighted by atomic mass is 16.5. The molecule has 5 nitrogen and oxygen atoms in total. The van der Waals surface area contributed by atoms with Gasteiger partial charge in [0, 0.05) is 30.2 Å². The molecule has 0 bridgehead atoms. The van der Waals surface area contributed by atoms with E-state index < -0.39 is 5.97 Å². The van der Waals surface area contributed by atoms with Gasteiger partial charge in [0.1, 0.15) is 0 Å². The minimum Gasteiger partial charge on any atom is -0.452 e. The van der Waals surface area contributed by atoms with Crippen LogP contribution < -0.4 is 0 Å². The van der Waals surface area contributed by atoms with Crippen molar-refractivity contribution in [2.24, 2.45) is 5.92 Å². The maximum Gasteiger partial charge on any atom is 0.338 e. The van der Waals surface area contributed by atoms with Crippen LogP contribution in [0.2, 0.25) is 0 Å². The lowest BCUT2D eigenvalue weighted by Crippen LogP contribution is -2.30. The van der Waals surface area contributed by atoms with E-state index >= 15 is 0 Å². The molecule has 150 valence electrons. The summed E-state index contributed by atoms with van der Waals surface area (Å²) in [5, 5.41) is 1.09. The van der Waals surface area contributed by atoms with Crippen molar-refractivity contribution in [1.82, 2.24) is 9.88 Å². The molecule has 2 aromatic carbocycles. The van der Waals surface area contributed by atoms with Gasteiger partial charge in [-0.25, -0.2) is 4.79 Å². The molecule has 1 unspecified atom stereocenters. The number of fused-ring (bicyclic) bond motifs is 3. The Bertz CT molecular complexity index is 1040. The molecule has 0 spiro atoms. The third-order valence-corrected chi connectivity index (χ3v) is 5.69. The number of carbonyl (C=O) groups is 2. The van der Waals surface area contributed by atoms with Crippen molar-refractivity contribution >= 4 is 22.8 Å². The second-order valence-corrected chi connectivity index (χ2v) is 8.00. The molecule has 0 aliphatic heterocycles. The largest absolute Gasteiger partial charge is 0.452 e. The zero-order valence-corrected chi connectivity index (χ0v) is 16.9. The summed E-state index contributed by atoms with van der Waals surface area (Å²) in [6, 6.07) is 15.3. The van der Waals surface area contributed by atoms with Crippen LogP contribution in [0.5, 0.6) is 0 Å². The van der Waals surface area contributed by atoms with Gasteiger partial charge in [0.2, 0.25) is 0 Å². The summed E-state index contributed by atoms with van der Waals surface area (Å²) in [6.45, 7) is 2.48. The third kappa shape index (κ3) is 4.19. The van der Waals surface area contributed by atoms with Crippen molar-refractivity contribution in [3.63, 3.8) is 0 Å². The van der Waals surface area contributed by atoms with Crippen LogP contribution in [-0.2, 0) is 28.9 Å². The lowest BCUT2D eigenvalue weighted by Gasteiger charge is -2.18. The molecule has 1 aliphatic carbocycles. The van der Waals surface area contributed by atoms with Crippen LogP contribution in [0.1, 0.15) is 40.5 Å². The van der Waals surface area contributed by atoms with Gasteiger partial charge < -0.3 is 14.6 Å². The molecular weight excluding hydrogens is 364 g/mol. The number of hydrogen-bond acceptors (Lipinski definition) is 3. The number of esters is 1. The summed E-state index contributed by atoms with van der Waals surface area (Å²) in [4.78, 5) is 29.9. The highest BCUT2D eigenvalue weighted by molar-refractivity contribution is 5.97. The number of aromatic amines is 1. The number of H-pyrrole nitrogens is 1. The van der Waals surface area contributed by atoms with Crippen LogP contribution in [0.15, 0.2) is 48.5 Å². The van der Waals surface area contributed by atoms with Crippen molar-refractivity contribution in [1.29, 1.82) is 0 Å². The fourth-order valence-electron chi connectivity index (χ4n) is 3.98. The lowest BCUT2D eigenvalue weighted by molar-refractivity contribution is -0.133. The summed E-state index contributed by atoms with van der Waals surface area (Å²) in [7, 11) is 1.71. The van der Waals surface area contributed by atoms with Crippen LogP contribution in [0.4, 0.5) is 0 Å². The number of hydrogen-bond donors (Lipinski definition) is 1. The zero-order chi connectivity index (χ0) is 20.4. The molecule has 5 heteroatoms. The van der Waals surface area contributed by atoms with Gasteiger partial charge in [-0.05, 0) is 54.5 Å². The van der Waals surface area contributed by atoms with E-state index in [9.17, 15) is 9.59 Å². The molecule has 4 rings (SSSR count). The summed E-state index contributed by atoms with van der Waals surface area (Å²) in [5.41, 5.74) is 5.16. The van der Waals surface area contributed by atoms with Gasteiger partial charge in [-0.1, -0.05) is 37.3 Å². The summed E-state index contributed by atoms with van der Waals surface area (Å²) in [5.74, 6) is -0.0434. The number of aryl methyl sites for hydroxylation is 1. The number of benzene rings is 2. The van der Waals surface area contributed by atoms with Gasteiger partial charge >= 0.3 is 5.97 Å². The molecular formula is C24H26N2O3. The fraction of sp³-hybridized carbons (Fsp3) is 0.333. The minimum atomic E-state index is -0.466. The number of aromatic nitrogens is 1. The number of nitrogens with zero attached hydrogens (tertiary/aromatic N) is 1. The molecule has 1 heterocycles. The Morgan fingerprint density at radius 2 is 1.97 bits per heavy atom. The van der Waals surface area contributed by atoms with E-state index in [1.807, 2.05) is 42.5 Å². The first kappa shape index (κ1) is 19.2. The van der Waals surface area contributed by atoms with Crippen LogP contribution in [0, 0.1) is 5.92 Å². The van der Waals surface area contributed by atoms with Crippen molar-refractivity contribution < 1.29 is 14.3 Å². The van der Waals surface area contributed by atoms with E-state index in [0.29, 0.717) is 18.0 Å². The van der Waals surface area contributed by atoms with Crippen molar-refractivity contribution in [3.8, 4) is 0 Å². The van der Waals surface area contributed by atoms with E-state index in [0.717, 1.165) is 29.3 Å². The normalized spacial score (nSPS) is 15.7. The number of amides is 1. The summed E-state index contributed by atoms with van der Waals surface area (Å²) < 4.78 is 5.30. The predicted molar refractivity (Wildman–Crippen MR) is 113 cm³/mol. The summed E-state index contributed by atoms with van der Waals surface area (Å²) in [6.07, 6.45) is 3.26. The standard InChI is InChI=1S/C24H26N2O3/c1-16-8-10-21-19(12-16)20-13-18(9-11-22(20)25-21)24(28)29-15-23(27)26(2)14-17-6-4-3-5-7-17/h3-7,9,11,13,16,25H,8,10,12,14-15H2,1-2H3. The second kappa shape index (κ2) is 8.11. The molecule has 0 saturated heterocycles. The number of rotatable bonds is 5. The highest BCUT2D eigenvalue weighted by Crippen LogP contribution is 2.32. The van der Waals surface area contributed by atoms with E-state index in [-0.39, 0.29) is 12.5 Å². The first-order valence-corrected chi connectivity index (χ1v) is 10.1. The molecule has 1 aliphatic rings. The van der Waals surface area contributed by atoms with Crippen molar-refractivity contribution in [2.45, 2.75) is 32.7 Å². The van der Waals surface area contributed by atoms with Gasteiger partial charge in [0.25, 0.3) is 5.91 Å². The maximum absolute atomic E-state index is 12.5. The van der Waals surface area contributed by atoms with Crippen molar-refractivity contribution in [2.75, 3.05) is 13.7 Å². The van der Waals surface area contributed by atoms with Crippen LogP contribution >= 0.6 is 0 Å². The molecule has 3 aromatic rings. The van der Waals surface area contributed by atoms with Gasteiger partial charge in [0.15, 0.2) is 6.61 Å². The van der Waals surface area contributed by atoms with Crippen LogP contribution in [0.3, 0.4) is 0 Å². The van der Waals surface area contributed by atoms with E-state index in [1.165, 1.54) is 17.7 Å². The van der Waals surface area contributed by atoms with Crippen LogP contribution in [-0.4, -0.2) is 35.4 Å². The van der Waals surface area contributed by atoms with Gasteiger partial charge in [0.05, 0.1) is 5.56 Å². The average molecular weight is 390 g/mol. The number of ether oxygens (including phenoxy) is 1. The smallest absolute Gasteiger partial charge is 0.338 e. The SMILES string of the molecule is CC1CCc2[nH]c3ccc(C(=O)OCC(=O)N(C)Cc4ccccc4)cc3c2C1. The number of carbonyl (C=O) groups excluding carboxylic acids is 2. The molecule has 1 amide bonds. The highest BCUT2D eigenvalue weighted by Gasteiger charge is 2.21. The van der Waals surface area contributed by atoms with E-state index in [4.69, 9.17) is 4.74 Å². The first-order chi connectivity index (χ1) is 14.0. The molecule has 0 fully saturated rings. The van der Waals surface area contributed by atoms with Gasteiger partial charge in [-0.3, -0.25) is 4.79 Å². The topological polar surface area (TPSA) is 62.4 Å². The maximum atomic E-state index is 12.5. The minimum absolute atomic E-state index is 0.226. The van der Waals surface area contributed by atoms with Gasteiger partial charge in [-0.15, -0.1) is 0 Å². The Morgan fingerprint density at radius 1 is 1.17 bits per heavy atom. The van der Waals surface area contributed by atoms with Crippen LogP contribution in [0.25, 0.3) is 10.9 Å². The average Bonchev–Trinajstić information content (AvgIpc) is 3.09. The molecule has 1 aromatic heterocycles. The monoisotopic (exact) mass is 390 g/mol. The Morgan fingerprint density at radius 3 is 2.76 bits per heavy atom. The Hall–Kier alpha value is -3.08. The molecule has 1 atom stereocenters. The molecule has 1 N–H and O–H groups in total. The third-order valence-electron chi connectivity index (χ3n) is 5.69. The first-order valence-electron chi connectivity index (χ1n) is 10.1. The lowest BCUT2D eigenvalue weighted by atomic mass is 9.87. The Kier molecular flexibility index (Phi) is 5.38. The predicted octanol–water partition coefficient (Wildman–Crippen LogP) is 4.11. The Balaban J connectivity index is 1.41. The number of nitrogens with one attached hydrogen (secondary N) is 1. The number of likely N-dealkylation sites (N-methyl/N-ethyl adjacent to an activating group) is 1. The van der Waals surface area contributed by atoms with E-state index in [2.05, 4.69) is 11.9 Å². The molecule has 0 radical (unpaired) electrons. The molecule has 0 saturated carbocycles. The fourth-order valence-corrected chi connectivity index (χ4v) is 3.98. The summed E-state index contributed by atoms with van der Waals surface area (Å²) >= 11 is 0. The molecule has 29 heavy (non-hydrogen) atoms. The van der Waals surface area contributed by atoms with Crippen molar-refractivity contribution in [3.05, 3.63) is 70.9 Å². The zero-order valence-electron chi connectivity index (χ0n) is 16.9. The second-order valence-electron chi connectivity index (χ2n) is 8.00. The van der Waals surface area contributed by atoms with Gasteiger partial charge in [-0.2, -0.15) is 0 Å². The Labute approximate surface area is 170 Å². The quantitative estimate of drug-likeness (QED) is 0.667.